The number of hydrogen-bond acceptors (Lipinski definition) is 1. The Labute approximate surface area is 109 Å². The van der Waals surface area contributed by atoms with E-state index < -0.39 is 11.8 Å². The summed E-state index contributed by atoms with van der Waals surface area (Å²) in [5.74, 6) is -1.46. The normalized spacial score (nSPS) is 10.3. The van der Waals surface area contributed by atoms with E-state index in [0.29, 0.717) is 21.7 Å². The standard InChI is InChI=1S/C14H10ClFO2/c15-13-4-2-1-3-12(13)10-5-9(7-14(17)18)6-11(16)8-10/h1-6,8H,7H2,(H,17,18). The third kappa shape index (κ3) is 2.87. The molecule has 0 heterocycles. The van der Waals surface area contributed by atoms with Crippen LogP contribution in [0.4, 0.5) is 4.39 Å². The van der Waals surface area contributed by atoms with E-state index in [2.05, 4.69) is 0 Å². The number of halogens is 2. The van der Waals surface area contributed by atoms with Crippen LogP contribution in [-0.2, 0) is 11.2 Å². The maximum atomic E-state index is 13.5. The molecule has 2 aromatic carbocycles. The fourth-order valence-electron chi connectivity index (χ4n) is 1.78. The van der Waals surface area contributed by atoms with Crippen LogP contribution in [0.15, 0.2) is 42.5 Å². The minimum absolute atomic E-state index is 0.213. The van der Waals surface area contributed by atoms with E-state index in [-0.39, 0.29) is 6.42 Å². The minimum Gasteiger partial charge on any atom is -0.481 e. The van der Waals surface area contributed by atoms with Crippen LogP contribution in [0.1, 0.15) is 5.56 Å². The molecule has 0 aromatic heterocycles. The van der Waals surface area contributed by atoms with Gasteiger partial charge in [-0.3, -0.25) is 4.79 Å². The maximum absolute atomic E-state index is 13.5. The van der Waals surface area contributed by atoms with Gasteiger partial charge < -0.3 is 5.11 Å². The van der Waals surface area contributed by atoms with Crippen LogP contribution in [0.2, 0.25) is 5.02 Å². The molecule has 4 heteroatoms. The van der Waals surface area contributed by atoms with Crippen LogP contribution >= 0.6 is 11.6 Å². The number of aliphatic carboxylic acids is 1. The maximum Gasteiger partial charge on any atom is 0.307 e. The Morgan fingerprint density at radius 1 is 1.22 bits per heavy atom. The quantitative estimate of drug-likeness (QED) is 0.916. The lowest BCUT2D eigenvalue weighted by Gasteiger charge is -2.07. The van der Waals surface area contributed by atoms with Crippen LogP contribution in [0.3, 0.4) is 0 Å². The molecule has 0 fully saturated rings. The van der Waals surface area contributed by atoms with E-state index in [1.165, 1.54) is 12.1 Å². The number of carbonyl (C=O) groups is 1. The molecule has 2 rings (SSSR count). The van der Waals surface area contributed by atoms with Crippen molar-refractivity contribution in [2.24, 2.45) is 0 Å². The van der Waals surface area contributed by atoms with Gasteiger partial charge in [0.25, 0.3) is 0 Å². The highest BCUT2D eigenvalue weighted by Gasteiger charge is 2.08. The first-order valence-corrected chi connectivity index (χ1v) is 5.70. The van der Waals surface area contributed by atoms with E-state index in [1.807, 2.05) is 0 Å². The number of carboxylic acids is 1. The molecule has 0 aliphatic rings. The van der Waals surface area contributed by atoms with Gasteiger partial charge in [-0.1, -0.05) is 35.9 Å². The molecule has 0 radical (unpaired) electrons. The first-order valence-electron chi connectivity index (χ1n) is 5.32. The van der Waals surface area contributed by atoms with Crippen molar-refractivity contribution >= 4 is 17.6 Å². The molecule has 18 heavy (non-hydrogen) atoms. The first-order chi connectivity index (χ1) is 8.56. The van der Waals surface area contributed by atoms with Crippen molar-refractivity contribution in [3.05, 3.63) is 58.9 Å². The average molecular weight is 265 g/mol. The third-order valence-corrected chi connectivity index (χ3v) is 2.83. The Kier molecular flexibility index (Phi) is 3.63. The molecule has 0 aliphatic heterocycles. The van der Waals surface area contributed by atoms with E-state index in [4.69, 9.17) is 16.7 Å². The fraction of sp³-hybridized carbons (Fsp3) is 0.0714. The Morgan fingerprint density at radius 3 is 2.61 bits per heavy atom. The molecule has 0 saturated carbocycles. The Balaban J connectivity index is 2.48. The Hall–Kier alpha value is -1.87. The highest BCUT2D eigenvalue weighted by atomic mass is 35.5. The van der Waals surface area contributed by atoms with Crippen LogP contribution in [-0.4, -0.2) is 11.1 Å². The van der Waals surface area contributed by atoms with Gasteiger partial charge in [-0.2, -0.15) is 0 Å². The van der Waals surface area contributed by atoms with Gasteiger partial charge in [0.15, 0.2) is 0 Å². The summed E-state index contributed by atoms with van der Waals surface area (Å²) in [5.41, 5.74) is 1.68. The summed E-state index contributed by atoms with van der Waals surface area (Å²) in [5, 5.41) is 9.23. The third-order valence-electron chi connectivity index (χ3n) is 2.50. The average Bonchev–Trinajstić information content (AvgIpc) is 2.27. The van der Waals surface area contributed by atoms with Crippen molar-refractivity contribution in [3.8, 4) is 11.1 Å². The largest absolute Gasteiger partial charge is 0.481 e. The summed E-state index contributed by atoms with van der Waals surface area (Å²) < 4.78 is 13.5. The molecule has 2 nitrogen and oxygen atoms in total. The number of rotatable bonds is 3. The summed E-state index contributed by atoms with van der Waals surface area (Å²) in [7, 11) is 0. The van der Waals surface area contributed by atoms with Gasteiger partial charge in [0.2, 0.25) is 0 Å². The van der Waals surface area contributed by atoms with Gasteiger partial charge in [-0.05, 0) is 29.3 Å². The summed E-state index contributed by atoms with van der Waals surface area (Å²) in [4.78, 5) is 10.6. The van der Waals surface area contributed by atoms with Gasteiger partial charge >= 0.3 is 5.97 Å². The van der Waals surface area contributed by atoms with Crippen molar-refractivity contribution in [1.29, 1.82) is 0 Å². The molecule has 0 spiro atoms. The number of benzene rings is 2. The topological polar surface area (TPSA) is 37.3 Å². The van der Waals surface area contributed by atoms with Crippen molar-refractivity contribution < 1.29 is 14.3 Å². The molecule has 0 unspecified atom stereocenters. The van der Waals surface area contributed by atoms with E-state index in [0.717, 1.165) is 0 Å². The van der Waals surface area contributed by atoms with Gasteiger partial charge in [0, 0.05) is 10.6 Å². The van der Waals surface area contributed by atoms with E-state index >= 15 is 0 Å². The predicted molar refractivity (Wildman–Crippen MR) is 68.2 cm³/mol. The van der Waals surface area contributed by atoms with Gasteiger partial charge in [0.05, 0.1) is 6.42 Å². The molecule has 92 valence electrons. The smallest absolute Gasteiger partial charge is 0.307 e. The number of hydrogen-bond donors (Lipinski definition) is 1. The van der Waals surface area contributed by atoms with Gasteiger partial charge in [-0.25, -0.2) is 4.39 Å². The Morgan fingerprint density at radius 2 is 1.94 bits per heavy atom. The molecule has 1 N–H and O–H groups in total. The summed E-state index contributed by atoms with van der Waals surface area (Å²) in [6.45, 7) is 0. The molecule has 0 amide bonds. The molecule has 0 bridgehead atoms. The monoisotopic (exact) mass is 264 g/mol. The summed E-state index contributed by atoms with van der Waals surface area (Å²) in [6, 6.07) is 11.2. The van der Waals surface area contributed by atoms with E-state index in [1.54, 1.807) is 30.3 Å². The van der Waals surface area contributed by atoms with Crippen LogP contribution in [0.25, 0.3) is 11.1 Å². The van der Waals surface area contributed by atoms with Crippen LogP contribution < -0.4 is 0 Å². The zero-order chi connectivity index (χ0) is 13.1. The highest BCUT2D eigenvalue weighted by molar-refractivity contribution is 6.33. The molecule has 2 aromatic rings. The highest BCUT2D eigenvalue weighted by Crippen LogP contribution is 2.28. The van der Waals surface area contributed by atoms with Crippen molar-refractivity contribution in [2.75, 3.05) is 0 Å². The van der Waals surface area contributed by atoms with Crippen molar-refractivity contribution in [2.45, 2.75) is 6.42 Å². The molecule has 0 aliphatic carbocycles. The zero-order valence-electron chi connectivity index (χ0n) is 9.36. The fourth-order valence-corrected chi connectivity index (χ4v) is 2.02. The molecular formula is C14H10ClFO2. The zero-order valence-corrected chi connectivity index (χ0v) is 10.1. The SMILES string of the molecule is O=C(O)Cc1cc(F)cc(-c2ccccc2Cl)c1. The van der Waals surface area contributed by atoms with Crippen molar-refractivity contribution in [3.63, 3.8) is 0 Å². The lowest BCUT2D eigenvalue weighted by Crippen LogP contribution is -2.00. The minimum atomic E-state index is -0.995. The Bertz CT molecular complexity index is 596. The molecule has 0 atom stereocenters. The first kappa shape index (κ1) is 12.6. The summed E-state index contributed by atoms with van der Waals surface area (Å²) >= 11 is 6.03. The number of carboxylic acid groups (broad SMARTS) is 1. The van der Waals surface area contributed by atoms with Crippen LogP contribution in [0, 0.1) is 5.82 Å². The summed E-state index contributed by atoms with van der Waals surface area (Å²) in [6.07, 6.45) is -0.213. The van der Waals surface area contributed by atoms with Gasteiger partial charge in [0.1, 0.15) is 5.82 Å². The second-order valence-corrected chi connectivity index (χ2v) is 4.31. The van der Waals surface area contributed by atoms with Crippen molar-refractivity contribution in [1.82, 2.24) is 0 Å². The molecule has 0 saturated heterocycles. The van der Waals surface area contributed by atoms with Gasteiger partial charge in [-0.15, -0.1) is 0 Å². The predicted octanol–water partition coefficient (Wildman–Crippen LogP) is 3.77. The van der Waals surface area contributed by atoms with E-state index in [9.17, 15) is 9.18 Å². The second-order valence-electron chi connectivity index (χ2n) is 3.90. The molecular weight excluding hydrogens is 255 g/mol. The second kappa shape index (κ2) is 5.19. The lowest BCUT2D eigenvalue weighted by atomic mass is 10.0. The van der Waals surface area contributed by atoms with Crippen LogP contribution in [0.5, 0.6) is 0 Å². The lowest BCUT2D eigenvalue weighted by molar-refractivity contribution is -0.136.